The molecule has 0 atom stereocenters. The van der Waals surface area contributed by atoms with Gasteiger partial charge in [0, 0.05) is 31.6 Å². The van der Waals surface area contributed by atoms with Crippen molar-refractivity contribution in [1.29, 1.82) is 0 Å². The number of aromatic nitrogens is 6. The van der Waals surface area contributed by atoms with E-state index in [1.165, 1.54) is 0 Å². The van der Waals surface area contributed by atoms with Crippen LogP contribution in [-0.4, -0.2) is 35.6 Å². The Labute approximate surface area is 141 Å². The Bertz CT molecular complexity index is 1080. The van der Waals surface area contributed by atoms with Gasteiger partial charge in [-0.05, 0) is 12.1 Å². The van der Waals surface area contributed by atoms with Crippen LogP contribution in [-0.2, 0) is 7.05 Å². The van der Waals surface area contributed by atoms with Crippen molar-refractivity contribution < 1.29 is 9.21 Å². The highest BCUT2D eigenvalue weighted by Crippen LogP contribution is 2.21. The van der Waals surface area contributed by atoms with E-state index in [2.05, 4.69) is 30.5 Å². The SMILES string of the molecule is Cc1nnc(C(=O)Nc2cc3nc(-c4cncn4C)ccc3cn2)o1. The van der Waals surface area contributed by atoms with Crippen LogP contribution in [0.4, 0.5) is 5.82 Å². The first-order chi connectivity index (χ1) is 12.1. The number of rotatable bonds is 3. The maximum atomic E-state index is 12.1. The molecule has 4 heterocycles. The quantitative estimate of drug-likeness (QED) is 0.609. The zero-order valence-corrected chi connectivity index (χ0v) is 13.5. The number of nitrogens with zero attached hydrogens (tertiary/aromatic N) is 6. The highest BCUT2D eigenvalue weighted by atomic mass is 16.4. The van der Waals surface area contributed by atoms with Gasteiger partial charge < -0.3 is 14.3 Å². The van der Waals surface area contributed by atoms with E-state index in [-0.39, 0.29) is 5.89 Å². The van der Waals surface area contributed by atoms with Crippen LogP contribution in [0.5, 0.6) is 0 Å². The number of pyridine rings is 2. The van der Waals surface area contributed by atoms with Gasteiger partial charge >= 0.3 is 11.8 Å². The van der Waals surface area contributed by atoms with Gasteiger partial charge in [-0.3, -0.25) is 4.79 Å². The summed E-state index contributed by atoms with van der Waals surface area (Å²) in [6, 6.07) is 5.52. The number of carbonyl (C=O) groups excluding carboxylic acids is 1. The molecule has 9 nitrogen and oxygen atoms in total. The summed E-state index contributed by atoms with van der Waals surface area (Å²) in [5, 5.41) is 10.8. The van der Waals surface area contributed by atoms with Gasteiger partial charge in [-0.25, -0.2) is 15.0 Å². The molecule has 0 aliphatic heterocycles. The molecule has 0 fully saturated rings. The van der Waals surface area contributed by atoms with Gasteiger partial charge in [0.25, 0.3) is 0 Å². The van der Waals surface area contributed by atoms with Crippen LogP contribution in [0.25, 0.3) is 22.3 Å². The van der Waals surface area contributed by atoms with Crippen molar-refractivity contribution in [3.8, 4) is 11.4 Å². The third-order valence-corrected chi connectivity index (χ3v) is 3.61. The molecule has 4 aromatic rings. The number of imidazole rings is 1. The van der Waals surface area contributed by atoms with Crippen molar-refractivity contribution in [2.24, 2.45) is 7.05 Å². The lowest BCUT2D eigenvalue weighted by Crippen LogP contribution is -2.13. The van der Waals surface area contributed by atoms with E-state index >= 15 is 0 Å². The van der Waals surface area contributed by atoms with Gasteiger partial charge in [0.1, 0.15) is 5.82 Å². The Morgan fingerprint density at radius 2 is 2.12 bits per heavy atom. The monoisotopic (exact) mass is 335 g/mol. The molecule has 9 heteroatoms. The molecule has 1 amide bonds. The Morgan fingerprint density at radius 1 is 1.24 bits per heavy atom. The zero-order chi connectivity index (χ0) is 17.4. The van der Waals surface area contributed by atoms with E-state index in [1.54, 1.807) is 31.7 Å². The average molecular weight is 335 g/mol. The number of anilines is 1. The van der Waals surface area contributed by atoms with E-state index in [9.17, 15) is 4.79 Å². The Balaban J connectivity index is 1.67. The molecule has 124 valence electrons. The second-order valence-electron chi connectivity index (χ2n) is 5.43. The minimum Gasteiger partial charge on any atom is -0.417 e. The standard InChI is InChI=1S/C16H13N7O2/c1-9-21-22-16(25-9)15(24)20-14-5-12-10(6-18-14)3-4-11(19-12)13-7-17-8-23(13)2/h3-8H,1-2H3,(H,18,20,24). The number of carbonyl (C=O) groups is 1. The minimum atomic E-state index is -0.518. The van der Waals surface area contributed by atoms with Gasteiger partial charge in [0.2, 0.25) is 5.89 Å². The molecule has 4 aromatic heterocycles. The minimum absolute atomic E-state index is 0.115. The summed E-state index contributed by atoms with van der Waals surface area (Å²) in [7, 11) is 1.90. The summed E-state index contributed by atoms with van der Waals surface area (Å²) >= 11 is 0. The van der Waals surface area contributed by atoms with Gasteiger partial charge in [-0.15, -0.1) is 10.2 Å². The maximum absolute atomic E-state index is 12.1. The highest BCUT2D eigenvalue weighted by Gasteiger charge is 2.14. The molecule has 0 radical (unpaired) electrons. The van der Waals surface area contributed by atoms with Gasteiger partial charge in [-0.2, -0.15) is 0 Å². The highest BCUT2D eigenvalue weighted by molar-refractivity contribution is 6.01. The van der Waals surface area contributed by atoms with E-state index < -0.39 is 5.91 Å². The molecule has 0 unspecified atom stereocenters. The summed E-state index contributed by atoms with van der Waals surface area (Å²) in [4.78, 5) is 25.0. The Kier molecular flexibility index (Phi) is 3.46. The second-order valence-corrected chi connectivity index (χ2v) is 5.43. The van der Waals surface area contributed by atoms with E-state index in [0.717, 1.165) is 16.8 Å². The molecule has 25 heavy (non-hydrogen) atoms. The largest absolute Gasteiger partial charge is 0.417 e. The number of amides is 1. The maximum Gasteiger partial charge on any atom is 0.314 e. The zero-order valence-electron chi connectivity index (χ0n) is 13.5. The van der Waals surface area contributed by atoms with Crippen molar-refractivity contribution in [2.75, 3.05) is 5.32 Å². The second kappa shape index (κ2) is 5.78. The van der Waals surface area contributed by atoms with Gasteiger partial charge in [-0.1, -0.05) is 0 Å². The van der Waals surface area contributed by atoms with Gasteiger partial charge in [0.15, 0.2) is 0 Å². The summed E-state index contributed by atoms with van der Waals surface area (Å²) in [6.45, 7) is 1.61. The van der Waals surface area contributed by atoms with Gasteiger partial charge in [0.05, 0.1) is 29.4 Å². The lowest BCUT2D eigenvalue weighted by Gasteiger charge is -2.06. The molecule has 0 saturated heterocycles. The first-order valence-corrected chi connectivity index (χ1v) is 7.45. The van der Waals surface area contributed by atoms with Crippen molar-refractivity contribution in [3.63, 3.8) is 0 Å². The summed E-state index contributed by atoms with van der Waals surface area (Å²) in [5.41, 5.74) is 2.37. The molecule has 0 spiro atoms. The molecule has 1 N–H and O–H groups in total. The molecule has 0 saturated carbocycles. The number of nitrogens with one attached hydrogen (secondary N) is 1. The fourth-order valence-electron chi connectivity index (χ4n) is 2.39. The first-order valence-electron chi connectivity index (χ1n) is 7.45. The van der Waals surface area contributed by atoms with Crippen LogP contribution in [0.3, 0.4) is 0 Å². The molecule has 0 bridgehead atoms. The van der Waals surface area contributed by atoms with Crippen LogP contribution in [0, 0.1) is 6.92 Å². The average Bonchev–Trinajstić information content (AvgIpc) is 3.22. The first kappa shape index (κ1) is 14.9. The smallest absolute Gasteiger partial charge is 0.314 e. The van der Waals surface area contributed by atoms with Crippen LogP contribution in [0.1, 0.15) is 16.6 Å². The van der Waals surface area contributed by atoms with Crippen molar-refractivity contribution in [3.05, 3.63) is 48.7 Å². The van der Waals surface area contributed by atoms with E-state index in [0.29, 0.717) is 17.2 Å². The summed E-state index contributed by atoms with van der Waals surface area (Å²) in [5.74, 6) is 0.0355. The third-order valence-electron chi connectivity index (χ3n) is 3.61. The molecular weight excluding hydrogens is 322 g/mol. The molecule has 0 aromatic carbocycles. The Morgan fingerprint density at radius 3 is 2.84 bits per heavy atom. The third kappa shape index (κ3) is 2.82. The molecular formula is C16H13N7O2. The normalized spacial score (nSPS) is 11.0. The number of hydrogen-bond donors (Lipinski definition) is 1. The lowest BCUT2D eigenvalue weighted by atomic mass is 10.2. The fourth-order valence-corrected chi connectivity index (χ4v) is 2.39. The number of hydrogen-bond acceptors (Lipinski definition) is 7. The Hall–Kier alpha value is -3.62. The van der Waals surface area contributed by atoms with Crippen LogP contribution in [0.2, 0.25) is 0 Å². The molecule has 0 aliphatic carbocycles. The topological polar surface area (TPSA) is 112 Å². The predicted octanol–water partition coefficient (Wildman–Crippen LogP) is 1.97. The van der Waals surface area contributed by atoms with Crippen LogP contribution in [0.15, 0.2) is 41.3 Å². The summed E-state index contributed by atoms with van der Waals surface area (Å²) in [6.07, 6.45) is 5.10. The molecule has 4 rings (SSSR count). The number of aryl methyl sites for hydroxylation is 2. The fraction of sp³-hybridized carbons (Fsp3) is 0.125. The van der Waals surface area contributed by atoms with E-state index in [1.807, 2.05) is 23.7 Å². The summed E-state index contributed by atoms with van der Waals surface area (Å²) < 4.78 is 6.98. The van der Waals surface area contributed by atoms with E-state index in [4.69, 9.17) is 4.42 Å². The predicted molar refractivity (Wildman–Crippen MR) is 88.7 cm³/mol. The molecule has 0 aliphatic rings. The van der Waals surface area contributed by atoms with Crippen molar-refractivity contribution in [2.45, 2.75) is 6.92 Å². The van der Waals surface area contributed by atoms with Crippen molar-refractivity contribution in [1.82, 2.24) is 29.7 Å². The number of fused-ring (bicyclic) bond motifs is 1. The lowest BCUT2D eigenvalue weighted by molar-refractivity contribution is 0.0988. The van der Waals surface area contributed by atoms with Crippen molar-refractivity contribution >= 4 is 22.6 Å². The van der Waals surface area contributed by atoms with Crippen LogP contribution < -0.4 is 5.32 Å². The van der Waals surface area contributed by atoms with Crippen LogP contribution >= 0.6 is 0 Å².